The Morgan fingerprint density at radius 3 is 2.53 bits per heavy atom. The molecule has 8 heteroatoms. The molecular weight excluding hydrogens is 260 g/mol. The average Bonchev–Trinajstić information content (AvgIpc) is 2.96. The zero-order valence-corrected chi connectivity index (χ0v) is 9.18. The minimum Gasteiger partial charge on any atom is -0.415 e. The first-order valence-electron chi connectivity index (χ1n) is 5.18. The smallest absolute Gasteiger partial charge is 0.314 e. The van der Waals surface area contributed by atoms with Crippen molar-refractivity contribution in [3.05, 3.63) is 35.2 Å². The van der Waals surface area contributed by atoms with Crippen LogP contribution in [0.15, 0.2) is 22.6 Å². The lowest BCUT2D eigenvalue weighted by Crippen LogP contribution is -2.19. The highest BCUT2D eigenvalue weighted by atomic mass is 19.3. The molecular formula is C11H5F2N3O3. The topological polar surface area (TPSA) is 85.1 Å². The Bertz CT molecular complexity index is 696. The van der Waals surface area contributed by atoms with E-state index in [4.69, 9.17) is 4.42 Å². The first-order chi connectivity index (χ1) is 9.06. The van der Waals surface area contributed by atoms with E-state index in [1.54, 1.807) is 0 Å². The molecule has 96 valence electrons. The van der Waals surface area contributed by atoms with Crippen LogP contribution in [0.2, 0.25) is 0 Å². The number of fused-ring (bicyclic) bond motifs is 1. The first-order valence-corrected chi connectivity index (χ1v) is 5.18. The number of carbonyl (C=O) groups is 2. The summed E-state index contributed by atoms with van der Waals surface area (Å²) in [5.74, 6) is -1.97. The van der Waals surface area contributed by atoms with E-state index in [9.17, 15) is 18.4 Å². The molecule has 0 saturated heterocycles. The summed E-state index contributed by atoms with van der Waals surface area (Å²) in [5, 5.41) is 8.77. The number of benzene rings is 1. The number of nitrogens with zero attached hydrogens (tertiary/aromatic N) is 2. The molecule has 1 N–H and O–H groups in total. The van der Waals surface area contributed by atoms with Gasteiger partial charge in [-0.3, -0.25) is 14.9 Å². The van der Waals surface area contributed by atoms with Crippen LogP contribution >= 0.6 is 0 Å². The summed E-state index contributed by atoms with van der Waals surface area (Å²) in [6.07, 6.45) is -2.86. The second-order valence-electron chi connectivity index (χ2n) is 3.79. The third-order valence-electron chi connectivity index (χ3n) is 2.61. The normalized spacial score (nSPS) is 13.8. The van der Waals surface area contributed by atoms with Crippen LogP contribution in [0.4, 0.5) is 8.78 Å². The van der Waals surface area contributed by atoms with E-state index >= 15 is 0 Å². The predicted octanol–water partition coefficient (Wildman–Crippen LogP) is 1.56. The lowest BCUT2D eigenvalue weighted by molar-refractivity contribution is 0.0879. The zero-order valence-electron chi connectivity index (χ0n) is 9.18. The Hall–Kier alpha value is -2.64. The van der Waals surface area contributed by atoms with Crippen molar-refractivity contribution < 1.29 is 22.8 Å². The van der Waals surface area contributed by atoms with Crippen molar-refractivity contribution in [2.45, 2.75) is 6.43 Å². The largest absolute Gasteiger partial charge is 0.415 e. The van der Waals surface area contributed by atoms with Gasteiger partial charge in [0.05, 0.1) is 11.1 Å². The monoisotopic (exact) mass is 265 g/mol. The van der Waals surface area contributed by atoms with E-state index in [1.807, 2.05) is 0 Å². The standard InChI is InChI=1S/C11H5F2N3O3/c12-7(13)11-16-15-10(19-11)4-1-2-5-6(3-4)9(18)14-8(5)17/h1-3,7H,(H,14,17,18). The van der Waals surface area contributed by atoms with Crippen molar-refractivity contribution in [1.82, 2.24) is 15.5 Å². The Morgan fingerprint density at radius 2 is 1.84 bits per heavy atom. The number of halogens is 2. The Balaban J connectivity index is 2.05. The van der Waals surface area contributed by atoms with Crippen molar-refractivity contribution in [2.75, 3.05) is 0 Å². The Labute approximate surface area is 104 Å². The van der Waals surface area contributed by atoms with E-state index in [0.717, 1.165) is 0 Å². The van der Waals surface area contributed by atoms with Gasteiger partial charge in [-0.05, 0) is 18.2 Å². The summed E-state index contributed by atoms with van der Waals surface area (Å²) in [7, 11) is 0. The highest BCUT2D eigenvalue weighted by Gasteiger charge is 2.27. The van der Waals surface area contributed by atoms with Crippen LogP contribution in [-0.4, -0.2) is 22.0 Å². The van der Waals surface area contributed by atoms with Gasteiger partial charge in [0.25, 0.3) is 17.7 Å². The van der Waals surface area contributed by atoms with E-state index in [1.165, 1.54) is 18.2 Å². The number of aromatic nitrogens is 2. The Morgan fingerprint density at radius 1 is 1.11 bits per heavy atom. The molecule has 1 aromatic heterocycles. The molecule has 0 spiro atoms. The van der Waals surface area contributed by atoms with Gasteiger partial charge in [-0.1, -0.05) is 0 Å². The van der Waals surface area contributed by atoms with E-state index in [2.05, 4.69) is 15.5 Å². The predicted molar refractivity (Wildman–Crippen MR) is 56.5 cm³/mol. The molecule has 2 aromatic rings. The average molecular weight is 265 g/mol. The van der Waals surface area contributed by atoms with E-state index < -0.39 is 24.1 Å². The summed E-state index contributed by atoms with van der Waals surface area (Å²) >= 11 is 0. The fraction of sp³-hybridized carbons (Fsp3) is 0.0909. The van der Waals surface area contributed by atoms with Gasteiger partial charge in [0, 0.05) is 5.56 Å². The number of alkyl halides is 2. The number of hydrogen-bond acceptors (Lipinski definition) is 5. The van der Waals surface area contributed by atoms with Gasteiger partial charge in [-0.2, -0.15) is 8.78 Å². The number of rotatable bonds is 2. The molecule has 0 aliphatic carbocycles. The number of carbonyl (C=O) groups excluding carboxylic acids is 2. The quantitative estimate of drug-likeness (QED) is 0.833. The molecule has 0 atom stereocenters. The van der Waals surface area contributed by atoms with Crippen molar-refractivity contribution in [2.24, 2.45) is 0 Å². The lowest BCUT2D eigenvalue weighted by Gasteiger charge is -1.97. The minimum atomic E-state index is -2.86. The number of nitrogens with one attached hydrogen (secondary N) is 1. The lowest BCUT2D eigenvalue weighted by atomic mass is 10.1. The van der Waals surface area contributed by atoms with Crippen LogP contribution in [0, 0.1) is 0 Å². The third-order valence-corrected chi connectivity index (χ3v) is 2.61. The molecule has 1 aromatic carbocycles. The molecule has 1 aliphatic heterocycles. The fourth-order valence-electron chi connectivity index (χ4n) is 1.74. The molecule has 19 heavy (non-hydrogen) atoms. The van der Waals surface area contributed by atoms with Crippen LogP contribution in [0.5, 0.6) is 0 Å². The van der Waals surface area contributed by atoms with Crippen LogP contribution in [-0.2, 0) is 0 Å². The van der Waals surface area contributed by atoms with E-state index in [-0.39, 0.29) is 17.0 Å². The van der Waals surface area contributed by atoms with Gasteiger partial charge in [0.1, 0.15) is 0 Å². The molecule has 0 fully saturated rings. The molecule has 0 unspecified atom stereocenters. The summed E-state index contributed by atoms with van der Waals surface area (Å²) in [6.45, 7) is 0. The number of amides is 2. The third kappa shape index (κ3) is 1.77. The molecule has 2 amide bonds. The van der Waals surface area contributed by atoms with Gasteiger partial charge in [-0.15, -0.1) is 10.2 Å². The molecule has 2 heterocycles. The van der Waals surface area contributed by atoms with Crippen LogP contribution < -0.4 is 5.32 Å². The highest BCUT2D eigenvalue weighted by molar-refractivity contribution is 6.21. The molecule has 0 radical (unpaired) electrons. The fourth-order valence-corrected chi connectivity index (χ4v) is 1.74. The maximum atomic E-state index is 12.3. The molecule has 0 bridgehead atoms. The van der Waals surface area contributed by atoms with Gasteiger partial charge in [-0.25, -0.2) is 0 Å². The number of hydrogen-bond donors (Lipinski definition) is 1. The van der Waals surface area contributed by atoms with Crippen molar-refractivity contribution in [3.63, 3.8) is 0 Å². The minimum absolute atomic E-state index is 0.134. The van der Waals surface area contributed by atoms with Crippen molar-refractivity contribution in [1.29, 1.82) is 0 Å². The Kier molecular flexibility index (Phi) is 2.37. The molecule has 6 nitrogen and oxygen atoms in total. The van der Waals surface area contributed by atoms with Crippen molar-refractivity contribution >= 4 is 11.8 Å². The van der Waals surface area contributed by atoms with Gasteiger partial charge in [0.2, 0.25) is 5.89 Å². The second kappa shape index (κ2) is 3.94. The molecule has 1 aliphatic rings. The summed E-state index contributed by atoms with van der Waals surface area (Å²) in [5.41, 5.74) is 0.671. The van der Waals surface area contributed by atoms with Gasteiger partial charge in [0.15, 0.2) is 0 Å². The second-order valence-corrected chi connectivity index (χ2v) is 3.79. The van der Waals surface area contributed by atoms with Crippen LogP contribution in [0.25, 0.3) is 11.5 Å². The maximum absolute atomic E-state index is 12.3. The van der Waals surface area contributed by atoms with Gasteiger partial charge >= 0.3 is 6.43 Å². The number of imide groups is 1. The highest BCUT2D eigenvalue weighted by Crippen LogP contribution is 2.26. The SMILES string of the molecule is O=C1NC(=O)c2cc(-c3nnc(C(F)F)o3)ccc21. The summed E-state index contributed by atoms with van der Waals surface area (Å²) in [6, 6.07) is 4.19. The zero-order chi connectivity index (χ0) is 13.6. The summed E-state index contributed by atoms with van der Waals surface area (Å²) < 4.78 is 29.4. The van der Waals surface area contributed by atoms with Crippen molar-refractivity contribution in [3.8, 4) is 11.5 Å². The van der Waals surface area contributed by atoms with Crippen LogP contribution in [0.3, 0.4) is 0 Å². The first kappa shape index (κ1) is 11.5. The molecule has 0 saturated carbocycles. The summed E-state index contributed by atoms with van der Waals surface area (Å²) in [4.78, 5) is 22.8. The van der Waals surface area contributed by atoms with Gasteiger partial charge < -0.3 is 4.42 Å². The van der Waals surface area contributed by atoms with Crippen LogP contribution in [0.1, 0.15) is 33.0 Å². The maximum Gasteiger partial charge on any atom is 0.314 e. The molecule has 3 rings (SSSR count). The van der Waals surface area contributed by atoms with E-state index in [0.29, 0.717) is 5.56 Å².